The van der Waals surface area contributed by atoms with Gasteiger partial charge in [-0.3, -0.25) is 9.59 Å². The average Bonchev–Trinajstić information content (AvgIpc) is 3.09. The lowest BCUT2D eigenvalue weighted by molar-refractivity contribution is -0.148. The third-order valence-corrected chi connectivity index (χ3v) is 5.25. The van der Waals surface area contributed by atoms with Crippen LogP contribution < -0.4 is 5.32 Å². The summed E-state index contributed by atoms with van der Waals surface area (Å²) in [5.74, 6) is -3.24. The van der Waals surface area contributed by atoms with Gasteiger partial charge in [0.2, 0.25) is 5.91 Å². The Labute approximate surface area is 133 Å². The summed E-state index contributed by atoms with van der Waals surface area (Å²) in [6, 6.07) is 4.53. The Morgan fingerprint density at radius 1 is 1.09 bits per heavy atom. The molecule has 2 fully saturated rings. The van der Waals surface area contributed by atoms with Crippen molar-refractivity contribution >= 4 is 23.5 Å². The van der Waals surface area contributed by atoms with Crippen LogP contribution in [0.1, 0.15) is 35.2 Å². The fraction of sp³-hybridized carbons (Fsp3) is 0.471. The number of carboxylic acids is 2. The second-order valence-corrected chi connectivity index (χ2v) is 6.55. The van der Waals surface area contributed by atoms with Gasteiger partial charge in [0.25, 0.3) is 0 Å². The average molecular weight is 317 g/mol. The summed E-state index contributed by atoms with van der Waals surface area (Å²) in [4.78, 5) is 35.2. The molecule has 1 aromatic carbocycles. The second-order valence-electron chi connectivity index (χ2n) is 6.55. The number of benzene rings is 1. The molecule has 2 aliphatic rings. The zero-order chi connectivity index (χ0) is 16.7. The van der Waals surface area contributed by atoms with Crippen LogP contribution in [0, 0.1) is 30.6 Å². The van der Waals surface area contributed by atoms with Crippen LogP contribution >= 0.6 is 0 Å². The minimum absolute atomic E-state index is 0.0831. The van der Waals surface area contributed by atoms with Gasteiger partial charge in [-0.2, -0.15) is 0 Å². The van der Waals surface area contributed by atoms with E-state index in [1.165, 1.54) is 12.1 Å². The number of rotatable bonds is 4. The summed E-state index contributed by atoms with van der Waals surface area (Å²) in [5.41, 5.74) is 1.27. The molecule has 122 valence electrons. The molecule has 4 atom stereocenters. The summed E-state index contributed by atoms with van der Waals surface area (Å²) >= 11 is 0. The highest BCUT2D eigenvalue weighted by molar-refractivity contribution is 5.98. The Kier molecular flexibility index (Phi) is 3.83. The maximum absolute atomic E-state index is 12.6. The van der Waals surface area contributed by atoms with Crippen molar-refractivity contribution in [3.63, 3.8) is 0 Å². The van der Waals surface area contributed by atoms with Crippen molar-refractivity contribution in [2.24, 2.45) is 23.7 Å². The highest BCUT2D eigenvalue weighted by Gasteiger charge is 2.54. The number of anilines is 1. The van der Waals surface area contributed by atoms with Crippen molar-refractivity contribution in [2.45, 2.75) is 26.2 Å². The molecule has 0 spiro atoms. The van der Waals surface area contributed by atoms with Crippen molar-refractivity contribution in [3.8, 4) is 0 Å². The van der Waals surface area contributed by atoms with E-state index in [0.29, 0.717) is 5.69 Å². The molecule has 3 N–H and O–H groups in total. The Bertz CT molecular complexity index is 684. The molecule has 0 saturated heterocycles. The number of carbonyl (C=O) groups excluding carboxylic acids is 1. The van der Waals surface area contributed by atoms with Crippen LogP contribution in [0.25, 0.3) is 0 Å². The maximum Gasteiger partial charge on any atom is 0.335 e. The molecule has 0 aliphatic heterocycles. The van der Waals surface area contributed by atoms with Gasteiger partial charge in [-0.15, -0.1) is 0 Å². The predicted octanol–water partition coefficient (Wildman–Crippen LogP) is 2.38. The molecule has 0 aromatic heterocycles. The minimum atomic E-state index is -1.07. The molecule has 0 heterocycles. The van der Waals surface area contributed by atoms with Crippen molar-refractivity contribution in [1.29, 1.82) is 0 Å². The van der Waals surface area contributed by atoms with Gasteiger partial charge in [0.05, 0.1) is 17.4 Å². The lowest BCUT2D eigenvalue weighted by Crippen LogP contribution is -2.38. The van der Waals surface area contributed by atoms with Gasteiger partial charge >= 0.3 is 11.9 Å². The largest absolute Gasteiger partial charge is 0.481 e. The quantitative estimate of drug-likeness (QED) is 0.791. The zero-order valence-corrected chi connectivity index (χ0v) is 12.8. The van der Waals surface area contributed by atoms with Crippen molar-refractivity contribution < 1.29 is 24.6 Å². The lowest BCUT2D eigenvalue weighted by atomic mass is 9.78. The van der Waals surface area contributed by atoms with Crippen LogP contribution in [0.15, 0.2) is 18.2 Å². The van der Waals surface area contributed by atoms with Crippen LogP contribution in [0.5, 0.6) is 0 Å². The van der Waals surface area contributed by atoms with Gasteiger partial charge < -0.3 is 15.5 Å². The van der Waals surface area contributed by atoms with Crippen LogP contribution in [0.3, 0.4) is 0 Å². The van der Waals surface area contributed by atoms with Gasteiger partial charge in [-0.1, -0.05) is 6.07 Å². The number of hydrogen-bond acceptors (Lipinski definition) is 3. The zero-order valence-electron chi connectivity index (χ0n) is 12.8. The topological polar surface area (TPSA) is 104 Å². The smallest absolute Gasteiger partial charge is 0.335 e. The first kappa shape index (κ1) is 15.5. The molecule has 6 heteroatoms. The number of aryl methyl sites for hydroxylation is 1. The molecule has 0 radical (unpaired) electrons. The van der Waals surface area contributed by atoms with E-state index in [-0.39, 0.29) is 23.3 Å². The van der Waals surface area contributed by atoms with E-state index in [1.54, 1.807) is 13.0 Å². The summed E-state index contributed by atoms with van der Waals surface area (Å²) in [7, 11) is 0. The molecule has 3 rings (SSSR count). The number of carboxylic acid groups (broad SMARTS) is 2. The SMILES string of the molecule is Cc1ccc(C(=O)O)cc1NC(=O)[C@@H]1[C@H]2CC[C@@H](C2)[C@@H]1C(=O)O. The molecule has 1 aromatic rings. The molecule has 1 amide bonds. The Balaban J connectivity index is 1.83. The van der Waals surface area contributed by atoms with Crippen molar-refractivity contribution in [2.75, 3.05) is 5.32 Å². The molecule has 2 bridgehead atoms. The number of hydrogen-bond donors (Lipinski definition) is 3. The van der Waals surface area contributed by atoms with Crippen LogP contribution in [0.2, 0.25) is 0 Å². The molecular weight excluding hydrogens is 298 g/mol. The number of carbonyl (C=O) groups is 3. The standard InChI is InChI=1S/C17H19NO5/c1-8-2-3-11(16(20)21)7-12(8)18-15(19)13-9-4-5-10(6-9)14(13)17(22)23/h2-3,7,9-10,13-14H,4-6H2,1H3,(H,18,19)(H,20,21)(H,22,23)/t9-,10-,13+,14-/m0/s1. The number of amides is 1. The third-order valence-electron chi connectivity index (χ3n) is 5.25. The van der Waals surface area contributed by atoms with E-state index in [2.05, 4.69) is 5.32 Å². The molecule has 2 aliphatic carbocycles. The fourth-order valence-electron chi connectivity index (χ4n) is 4.13. The van der Waals surface area contributed by atoms with Gasteiger partial charge in [-0.25, -0.2) is 4.79 Å². The summed E-state index contributed by atoms with van der Waals surface area (Å²) < 4.78 is 0. The summed E-state index contributed by atoms with van der Waals surface area (Å²) in [5, 5.41) is 21.2. The first-order valence-electron chi connectivity index (χ1n) is 7.76. The first-order valence-corrected chi connectivity index (χ1v) is 7.76. The highest BCUT2D eigenvalue weighted by atomic mass is 16.4. The molecule has 23 heavy (non-hydrogen) atoms. The van der Waals surface area contributed by atoms with E-state index in [0.717, 1.165) is 24.8 Å². The van der Waals surface area contributed by atoms with Gasteiger partial charge in [0.15, 0.2) is 0 Å². The number of aliphatic carboxylic acids is 1. The molecule has 6 nitrogen and oxygen atoms in total. The highest BCUT2D eigenvalue weighted by Crippen LogP contribution is 2.52. The van der Waals surface area contributed by atoms with E-state index in [4.69, 9.17) is 5.11 Å². The van der Waals surface area contributed by atoms with Crippen LogP contribution in [-0.4, -0.2) is 28.1 Å². The lowest BCUT2D eigenvalue weighted by Gasteiger charge is -2.27. The van der Waals surface area contributed by atoms with Crippen molar-refractivity contribution in [1.82, 2.24) is 0 Å². The van der Waals surface area contributed by atoms with Gasteiger partial charge in [0.1, 0.15) is 0 Å². The number of nitrogens with one attached hydrogen (secondary N) is 1. The van der Waals surface area contributed by atoms with Crippen molar-refractivity contribution in [3.05, 3.63) is 29.3 Å². The molecular formula is C17H19NO5. The van der Waals surface area contributed by atoms with Gasteiger partial charge in [-0.05, 0) is 55.7 Å². The molecule has 0 unspecified atom stereocenters. The minimum Gasteiger partial charge on any atom is -0.481 e. The third kappa shape index (κ3) is 2.69. The fourth-order valence-corrected chi connectivity index (χ4v) is 4.13. The van der Waals surface area contributed by atoms with Crippen LogP contribution in [0.4, 0.5) is 5.69 Å². The Hall–Kier alpha value is -2.37. The monoisotopic (exact) mass is 317 g/mol. The maximum atomic E-state index is 12.6. The van der Waals surface area contributed by atoms with E-state index >= 15 is 0 Å². The Morgan fingerprint density at radius 3 is 2.35 bits per heavy atom. The van der Waals surface area contributed by atoms with E-state index < -0.39 is 23.8 Å². The summed E-state index contributed by atoms with van der Waals surface area (Å²) in [6.45, 7) is 1.77. The summed E-state index contributed by atoms with van der Waals surface area (Å²) in [6.07, 6.45) is 2.56. The normalized spacial score (nSPS) is 28.6. The van der Waals surface area contributed by atoms with E-state index in [1.807, 2.05) is 0 Å². The number of fused-ring (bicyclic) bond motifs is 2. The Morgan fingerprint density at radius 2 is 1.74 bits per heavy atom. The predicted molar refractivity (Wildman–Crippen MR) is 82.2 cm³/mol. The second kappa shape index (κ2) is 5.68. The first-order chi connectivity index (χ1) is 10.9. The number of aromatic carboxylic acids is 1. The van der Waals surface area contributed by atoms with Gasteiger partial charge in [0, 0.05) is 5.69 Å². The van der Waals surface area contributed by atoms with E-state index in [9.17, 15) is 19.5 Å². The molecule has 2 saturated carbocycles. The van der Waals surface area contributed by atoms with Crippen LogP contribution in [-0.2, 0) is 9.59 Å².